The fraction of sp³-hybridized carbons (Fsp3) is 0.700. The Hall–Kier alpha value is -1.38. The number of phenolic OH excluding ortho intramolecular Hbond substituents is 2. The van der Waals surface area contributed by atoms with Crippen LogP contribution in [-0.2, 0) is 0 Å². The molecule has 0 aliphatic rings. The second kappa shape index (κ2) is 13.1. The number of unbranched alkanes of at least 4 members (excludes halogenated alkanes) is 11. The van der Waals surface area contributed by atoms with Crippen molar-refractivity contribution in [3.05, 3.63) is 18.2 Å². The molecule has 1 rings (SSSR count). The highest BCUT2D eigenvalue weighted by molar-refractivity contribution is 5.49. The Morgan fingerprint density at radius 2 is 1.13 bits per heavy atom. The van der Waals surface area contributed by atoms with Crippen LogP contribution in [0.3, 0.4) is 0 Å². The first kappa shape index (κ1) is 19.7. The number of para-hydroxylation sites is 1. The lowest BCUT2D eigenvalue weighted by atomic mass is 10.1. The van der Waals surface area contributed by atoms with Crippen molar-refractivity contribution in [2.24, 2.45) is 0 Å². The third kappa shape index (κ3) is 9.37. The Morgan fingerprint density at radius 1 is 0.696 bits per heavy atom. The highest BCUT2D eigenvalue weighted by Crippen LogP contribution is 2.35. The van der Waals surface area contributed by atoms with E-state index >= 15 is 0 Å². The van der Waals surface area contributed by atoms with E-state index < -0.39 is 0 Å². The molecule has 1 aromatic rings. The lowest BCUT2D eigenvalue weighted by Gasteiger charge is -2.09. The molecule has 3 heteroatoms. The maximum atomic E-state index is 9.60. The maximum Gasteiger partial charge on any atom is 0.203 e. The predicted octanol–water partition coefficient (Wildman–Crippen LogP) is 6.18. The number of hydrogen-bond donors (Lipinski definition) is 2. The molecule has 2 N–H and O–H groups in total. The molecule has 0 spiro atoms. The second-order valence-electron chi connectivity index (χ2n) is 6.36. The van der Waals surface area contributed by atoms with Crippen molar-refractivity contribution in [3.63, 3.8) is 0 Å². The van der Waals surface area contributed by atoms with Gasteiger partial charge in [0.05, 0.1) is 6.61 Å². The SMILES string of the molecule is CCCCCCCCCCCCCCOc1c(O)cccc1O. The highest BCUT2D eigenvalue weighted by atomic mass is 16.5. The van der Waals surface area contributed by atoms with Crippen molar-refractivity contribution in [3.8, 4) is 17.2 Å². The van der Waals surface area contributed by atoms with E-state index in [0.29, 0.717) is 6.61 Å². The summed E-state index contributed by atoms with van der Waals surface area (Å²) in [6.45, 7) is 2.80. The summed E-state index contributed by atoms with van der Waals surface area (Å²) >= 11 is 0. The van der Waals surface area contributed by atoms with Crippen molar-refractivity contribution < 1.29 is 14.9 Å². The summed E-state index contributed by atoms with van der Waals surface area (Å²) in [5.74, 6) is 0.212. The van der Waals surface area contributed by atoms with Gasteiger partial charge in [0.2, 0.25) is 5.75 Å². The number of rotatable bonds is 14. The molecule has 0 radical (unpaired) electrons. The summed E-state index contributed by atoms with van der Waals surface area (Å²) in [5, 5.41) is 19.2. The number of aromatic hydroxyl groups is 2. The fourth-order valence-electron chi connectivity index (χ4n) is 2.78. The van der Waals surface area contributed by atoms with E-state index in [-0.39, 0.29) is 17.2 Å². The van der Waals surface area contributed by atoms with Gasteiger partial charge in [-0.05, 0) is 18.6 Å². The minimum Gasteiger partial charge on any atom is -0.504 e. The molecule has 0 aromatic heterocycles. The van der Waals surface area contributed by atoms with E-state index in [9.17, 15) is 10.2 Å². The zero-order chi connectivity index (χ0) is 16.8. The van der Waals surface area contributed by atoms with Gasteiger partial charge in [-0.2, -0.15) is 0 Å². The molecule has 0 aliphatic carbocycles. The molecule has 0 fully saturated rings. The molecule has 0 amide bonds. The third-order valence-electron chi connectivity index (χ3n) is 4.22. The standard InChI is InChI=1S/C20H34O3/c1-2-3-4-5-6-7-8-9-10-11-12-13-17-23-20-18(21)15-14-16-19(20)22/h14-16,21-22H,2-13,17H2,1H3. The molecule has 23 heavy (non-hydrogen) atoms. The molecule has 1 aromatic carbocycles. The van der Waals surface area contributed by atoms with E-state index in [1.807, 2.05) is 0 Å². The maximum absolute atomic E-state index is 9.60. The van der Waals surface area contributed by atoms with Crippen LogP contribution in [0, 0.1) is 0 Å². The molecule has 0 bridgehead atoms. The highest BCUT2D eigenvalue weighted by Gasteiger charge is 2.07. The summed E-state index contributed by atoms with van der Waals surface area (Å²) in [4.78, 5) is 0. The van der Waals surface area contributed by atoms with Crippen LogP contribution in [0.4, 0.5) is 0 Å². The smallest absolute Gasteiger partial charge is 0.203 e. The van der Waals surface area contributed by atoms with Gasteiger partial charge in [0.25, 0.3) is 0 Å². The molecule has 3 nitrogen and oxygen atoms in total. The molecule has 0 heterocycles. The number of hydrogen-bond acceptors (Lipinski definition) is 3. The molecule has 0 unspecified atom stereocenters. The van der Waals surface area contributed by atoms with Crippen LogP contribution in [0.1, 0.15) is 84.0 Å². The third-order valence-corrected chi connectivity index (χ3v) is 4.22. The van der Waals surface area contributed by atoms with E-state index in [2.05, 4.69) is 6.92 Å². The summed E-state index contributed by atoms with van der Waals surface area (Å²) < 4.78 is 5.46. The van der Waals surface area contributed by atoms with Crippen molar-refractivity contribution in [2.45, 2.75) is 84.0 Å². The predicted molar refractivity (Wildman–Crippen MR) is 96.3 cm³/mol. The van der Waals surface area contributed by atoms with Gasteiger partial charge in [0.1, 0.15) is 0 Å². The quantitative estimate of drug-likeness (QED) is 0.402. The summed E-state index contributed by atoms with van der Waals surface area (Å²) in [6.07, 6.45) is 15.7. The lowest BCUT2D eigenvalue weighted by molar-refractivity contribution is 0.274. The molecule has 0 saturated carbocycles. The van der Waals surface area contributed by atoms with Crippen molar-refractivity contribution in [2.75, 3.05) is 6.61 Å². The molecule has 0 saturated heterocycles. The summed E-state index contributed by atoms with van der Waals surface area (Å²) in [6, 6.07) is 4.65. The fourth-order valence-corrected chi connectivity index (χ4v) is 2.78. The summed E-state index contributed by atoms with van der Waals surface area (Å²) in [5.41, 5.74) is 0. The Kier molecular flexibility index (Phi) is 11.2. The van der Waals surface area contributed by atoms with E-state index in [1.54, 1.807) is 6.07 Å². The second-order valence-corrected chi connectivity index (χ2v) is 6.36. The topological polar surface area (TPSA) is 49.7 Å². The van der Waals surface area contributed by atoms with Crippen molar-refractivity contribution in [1.29, 1.82) is 0 Å². The van der Waals surface area contributed by atoms with Crippen molar-refractivity contribution in [1.82, 2.24) is 0 Å². The van der Waals surface area contributed by atoms with Crippen LogP contribution < -0.4 is 4.74 Å². The van der Waals surface area contributed by atoms with Gasteiger partial charge in [-0.1, -0.05) is 83.6 Å². The van der Waals surface area contributed by atoms with Gasteiger partial charge in [-0.15, -0.1) is 0 Å². The zero-order valence-electron chi connectivity index (χ0n) is 14.7. The minimum absolute atomic E-state index is 0.00365. The lowest BCUT2D eigenvalue weighted by Crippen LogP contribution is -1.97. The Bertz CT molecular complexity index is 384. The van der Waals surface area contributed by atoms with Crippen LogP contribution >= 0.6 is 0 Å². The monoisotopic (exact) mass is 322 g/mol. The number of benzene rings is 1. The van der Waals surface area contributed by atoms with Gasteiger partial charge in [0, 0.05) is 0 Å². The first-order valence-electron chi connectivity index (χ1n) is 9.39. The van der Waals surface area contributed by atoms with E-state index in [0.717, 1.165) is 12.8 Å². The average Bonchev–Trinajstić information content (AvgIpc) is 2.54. The molecular weight excluding hydrogens is 288 g/mol. The van der Waals surface area contributed by atoms with Crippen LogP contribution in [0.5, 0.6) is 17.2 Å². The number of ether oxygens (including phenoxy) is 1. The Labute approximate surface area is 141 Å². The summed E-state index contributed by atoms with van der Waals surface area (Å²) in [7, 11) is 0. The van der Waals surface area contributed by atoms with E-state index in [1.165, 1.54) is 76.3 Å². The van der Waals surface area contributed by atoms with E-state index in [4.69, 9.17) is 4.74 Å². The molecule has 0 atom stereocenters. The zero-order valence-corrected chi connectivity index (χ0v) is 14.7. The van der Waals surface area contributed by atoms with Gasteiger partial charge in [0.15, 0.2) is 11.5 Å². The van der Waals surface area contributed by atoms with Gasteiger partial charge >= 0.3 is 0 Å². The van der Waals surface area contributed by atoms with Crippen LogP contribution in [0.2, 0.25) is 0 Å². The molecule has 132 valence electrons. The number of phenols is 2. The molecular formula is C20H34O3. The van der Waals surface area contributed by atoms with Crippen LogP contribution in [0.15, 0.2) is 18.2 Å². The van der Waals surface area contributed by atoms with Gasteiger partial charge in [-0.25, -0.2) is 0 Å². The largest absolute Gasteiger partial charge is 0.504 e. The van der Waals surface area contributed by atoms with Crippen LogP contribution in [0.25, 0.3) is 0 Å². The van der Waals surface area contributed by atoms with Gasteiger partial charge in [-0.3, -0.25) is 0 Å². The first-order chi connectivity index (χ1) is 11.3. The average molecular weight is 322 g/mol. The van der Waals surface area contributed by atoms with Crippen LogP contribution in [-0.4, -0.2) is 16.8 Å². The normalized spacial score (nSPS) is 10.8. The molecule has 0 aliphatic heterocycles. The Balaban J connectivity index is 1.88. The first-order valence-corrected chi connectivity index (χ1v) is 9.39. The van der Waals surface area contributed by atoms with Gasteiger partial charge < -0.3 is 14.9 Å². The van der Waals surface area contributed by atoms with Crippen molar-refractivity contribution >= 4 is 0 Å². The minimum atomic E-state index is 0.00365. The Morgan fingerprint density at radius 3 is 1.61 bits per heavy atom.